The number of hydrogen-bond acceptors (Lipinski definition) is 3. The van der Waals surface area contributed by atoms with Crippen molar-refractivity contribution in [3.05, 3.63) is 35.9 Å². The van der Waals surface area contributed by atoms with E-state index in [2.05, 4.69) is 5.32 Å². The van der Waals surface area contributed by atoms with E-state index >= 15 is 0 Å². The van der Waals surface area contributed by atoms with Crippen molar-refractivity contribution in [2.45, 2.75) is 12.5 Å². The second kappa shape index (κ2) is 5.51. The molecular formula is C11H10N2O3. The van der Waals surface area contributed by atoms with Crippen molar-refractivity contribution in [2.24, 2.45) is 0 Å². The Hall–Kier alpha value is -2.35. The molecule has 0 heterocycles. The van der Waals surface area contributed by atoms with Crippen molar-refractivity contribution in [2.75, 3.05) is 0 Å². The zero-order valence-corrected chi connectivity index (χ0v) is 8.38. The van der Waals surface area contributed by atoms with E-state index in [0.717, 1.165) is 0 Å². The first-order valence-electron chi connectivity index (χ1n) is 4.59. The highest BCUT2D eigenvalue weighted by molar-refractivity contribution is 5.93. The highest BCUT2D eigenvalue weighted by Gasteiger charge is 2.15. The van der Waals surface area contributed by atoms with E-state index in [4.69, 9.17) is 10.4 Å². The fraction of sp³-hybridized carbons (Fsp3) is 0.182. The molecule has 0 aliphatic carbocycles. The molecule has 5 nitrogen and oxygen atoms in total. The molecule has 1 amide bonds. The molecule has 16 heavy (non-hydrogen) atoms. The van der Waals surface area contributed by atoms with Gasteiger partial charge in [-0.05, 0) is 5.56 Å². The Morgan fingerprint density at radius 1 is 1.38 bits per heavy atom. The molecule has 0 aromatic heterocycles. The summed E-state index contributed by atoms with van der Waals surface area (Å²) in [5, 5.41) is 19.6. The number of carboxylic acid groups (broad SMARTS) is 1. The lowest BCUT2D eigenvalue weighted by Crippen LogP contribution is -2.29. The molecule has 0 bridgehead atoms. The number of nitrogens with zero attached hydrogens (tertiary/aromatic N) is 1. The molecule has 5 heteroatoms. The second-order valence-corrected chi connectivity index (χ2v) is 3.11. The van der Waals surface area contributed by atoms with Crippen molar-refractivity contribution < 1.29 is 14.7 Å². The van der Waals surface area contributed by atoms with Crippen molar-refractivity contribution in [1.29, 1.82) is 5.26 Å². The van der Waals surface area contributed by atoms with Crippen LogP contribution >= 0.6 is 0 Å². The zero-order chi connectivity index (χ0) is 12.0. The summed E-state index contributed by atoms with van der Waals surface area (Å²) in [5.41, 5.74) is 0.628. The molecule has 1 atom stereocenters. The van der Waals surface area contributed by atoms with Crippen LogP contribution in [-0.2, 0) is 9.59 Å². The Balaban J connectivity index is 2.68. The van der Waals surface area contributed by atoms with Crippen LogP contribution in [0.25, 0.3) is 0 Å². The molecule has 0 saturated heterocycles. The molecule has 1 aromatic carbocycles. The van der Waals surface area contributed by atoms with Crippen LogP contribution in [0, 0.1) is 11.3 Å². The topological polar surface area (TPSA) is 90.2 Å². The molecule has 0 saturated carbocycles. The van der Waals surface area contributed by atoms with Gasteiger partial charge in [-0.3, -0.25) is 9.59 Å². The summed E-state index contributed by atoms with van der Waals surface area (Å²) in [6.45, 7) is 0. The number of carbonyl (C=O) groups is 2. The smallest absolute Gasteiger partial charge is 0.312 e. The summed E-state index contributed by atoms with van der Waals surface area (Å²) in [4.78, 5) is 21.4. The van der Waals surface area contributed by atoms with E-state index in [1.54, 1.807) is 30.3 Å². The highest BCUT2D eigenvalue weighted by Crippen LogP contribution is 2.10. The van der Waals surface area contributed by atoms with E-state index < -0.39 is 24.3 Å². The third-order valence-electron chi connectivity index (χ3n) is 1.88. The third kappa shape index (κ3) is 3.42. The van der Waals surface area contributed by atoms with Gasteiger partial charge in [-0.1, -0.05) is 30.3 Å². The lowest BCUT2D eigenvalue weighted by molar-refractivity contribution is -0.140. The van der Waals surface area contributed by atoms with Crippen LogP contribution in [-0.4, -0.2) is 17.0 Å². The molecule has 1 aromatic rings. The first-order chi connectivity index (χ1) is 7.63. The number of amides is 1. The van der Waals surface area contributed by atoms with Crippen LogP contribution in [0.4, 0.5) is 0 Å². The quantitative estimate of drug-likeness (QED) is 0.733. The fourth-order valence-corrected chi connectivity index (χ4v) is 1.19. The van der Waals surface area contributed by atoms with Crippen LogP contribution in [0.1, 0.15) is 18.0 Å². The number of nitriles is 1. The summed E-state index contributed by atoms with van der Waals surface area (Å²) >= 11 is 0. The molecule has 0 aliphatic rings. The minimum absolute atomic E-state index is 0.628. The maximum absolute atomic E-state index is 11.2. The zero-order valence-electron chi connectivity index (χ0n) is 8.38. The van der Waals surface area contributed by atoms with E-state index in [0.29, 0.717) is 5.56 Å². The van der Waals surface area contributed by atoms with Gasteiger partial charge in [0.05, 0.1) is 6.07 Å². The Bertz CT molecular complexity index is 423. The van der Waals surface area contributed by atoms with Crippen LogP contribution in [0.5, 0.6) is 0 Å². The van der Waals surface area contributed by atoms with Crippen LogP contribution in [0.15, 0.2) is 30.3 Å². The van der Waals surface area contributed by atoms with Crippen LogP contribution in [0.3, 0.4) is 0 Å². The van der Waals surface area contributed by atoms with Gasteiger partial charge >= 0.3 is 5.97 Å². The predicted octanol–water partition coefficient (Wildman–Crippen LogP) is 0.842. The maximum Gasteiger partial charge on any atom is 0.312 e. The first kappa shape index (κ1) is 11.7. The Kier molecular flexibility index (Phi) is 4.04. The molecule has 82 valence electrons. The number of hydrogen-bond donors (Lipinski definition) is 2. The summed E-state index contributed by atoms with van der Waals surface area (Å²) in [7, 11) is 0. The molecule has 0 spiro atoms. The lowest BCUT2D eigenvalue weighted by Gasteiger charge is -2.10. The minimum Gasteiger partial charge on any atom is -0.481 e. The molecule has 0 aliphatic heterocycles. The van der Waals surface area contributed by atoms with E-state index in [9.17, 15) is 9.59 Å². The van der Waals surface area contributed by atoms with Crippen LogP contribution < -0.4 is 5.32 Å². The predicted molar refractivity (Wildman–Crippen MR) is 55.2 cm³/mol. The van der Waals surface area contributed by atoms with Gasteiger partial charge < -0.3 is 10.4 Å². The van der Waals surface area contributed by atoms with Crippen molar-refractivity contribution >= 4 is 11.9 Å². The standard InChI is InChI=1S/C11H10N2O3/c12-7-9(8-4-2-1-3-5-8)13-10(14)6-11(15)16/h1-5,9H,6H2,(H,13,14)(H,15,16)/t9-/m1/s1. The van der Waals surface area contributed by atoms with Crippen LogP contribution in [0.2, 0.25) is 0 Å². The summed E-state index contributed by atoms with van der Waals surface area (Å²) in [6.07, 6.45) is -0.634. The van der Waals surface area contributed by atoms with Gasteiger partial charge in [-0.15, -0.1) is 0 Å². The Labute approximate surface area is 92.3 Å². The lowest BCUT2D eigenvalue weighted by atomic mass is 10.1. The van der Waals surface area contributed by atoms with Gasteiger partial charge in [-0.2, -0.15) is 5.26 Å². The number of aliphatic carboxylic acids is 1. The average Bonchev–Trinajstić information content (AvgIpc) is 2.26. The number of benzene rings is 1. The number of rotatable bonds is 4. The second-order valence-electron chi connectivity index (χ2n) is 3.11. The SMILES string of the molecule is N#C[C@@H](NC(=O)CC(=O)O)c1ccccc1. The van der Waals surface area contributed by atoms with Gasteiger partial charge in [0.15, 0.2) is 0 Å². The molecule has 2 N–H and O–H groups in total. The molecule has 0 unspecified atom stereocenters. The number of carbonyl (C=O) groups excluding carboxylic acids is 1. The van der Waals surface area contributed by atoms with Crippen molar-refractivity contribution in [3.63, 3.8) is 0 Å². The fourth-order valence-electron chi connectivity index (χ4n) is 1.19. The van der Waals surface area contributed by atoms with Gasteiger partial charge in [-0.25, -0.2) is 0 Å². The van der Waals surface area contributed by atoms with Crippen molar-refractivity contribution in [1.82, 2.24) is 5.32 Å². The first-order valence-corrected chi connectivity index (χ1v) is 4.59. The third-order valence-corrected chi connectivity index (χ3v) is 1.88. The molecule has 0 radical (unpaired) electrons. The molecule has 0 fully saturated rings. The summed E-state index contributed by atoms with van der Waals surface area (Å²) in [6, 6.07) is 9.73. The summed E-state index contributed by atoms with van der Waals surface area (Å²) in [5.74, 6) is -1.90. The van der Waals surface area contributed by atoms with E-state index in [-0.39, 0.29) is 0 Å². The Morgan fingerprint density at radius 2 is 2.00 bits per heavy atom. The monoisotopic (exact) mass is 218 g/mol. The van der Waals surface area contributed by atoms with Gasteiger partial charge in [0.1, 0.15) is 12.5 Å². The van der Waals surface area contributed by atoms with Gasteiger partial charge in [0.2, 0.25) is 5.91 Å². The number of nitrogens with one attached hydrogen (secondary N) is 1. The highest BCUT2D eigenvalue weighted by atomic mass is 16.4. The molecule has 1 rings (SSSR count). The van der Waals surface area contributed by atoms with Gasteiger partial charge in [0, 0.05) is 0 Å². The molecular weight excluding hydrogens is 208 g/mol. The van der Waals surface area contributed by atoms with Gasteiger partial charge in [0.25, 0.3) is 0 Å². The largest absolute Gasteiger partial charge is 0.481 e. The minimum atomic E-state index is -1.22. The average molecular weight is 218 g/mol. The van der Waals surface area contributed by atoms with E-state index in [1.807, 2.05) is 6.07 Å². The maximum atomic E-state index is 11.2. The summed E-state index contributed by atoms with van der Waals surface area (Å²) < 4.78 is 0. The van der Waals surface area contributed by atoms with E-state index in [1.165, 1.54) is 0 Å². The Morgan fingerprint density at radius 3 is 2.50 bits per heavy atom. The van der Waals surface area contributed by atoms with Crippen molar-refractivity contribution in [3.8, 4) is 6.07 Å². The number of carboxylic acids is 1. The normalized spacial score (nSPS) is 11.2.